The van der Waals surface area contributed by atoms with Crippen LogP contribution in [0.5, 0.6) is 0 Å². The van der Waals surface area contributed by atoms with Crippen molar-refractivity contribution in [2.75, 3.05) is 13.2 Å². The topological polar surface area (TPSA) is 18.5 Å². The lowest BCUT2D eigenvalue weighted by Gasteiger charge is -2.10. The number of ether oxygens (including phenoxy) is 2. The molecule has 0 aliphatic carbocycles. The van der Waals surface area contributed by atoms with Crippen molar-refractivity contribution in [1.82, 2.24) is 0 Å². The zero-order valence-electron chi connectivity index (χ0n) is 6.08. The van der Waals surface area contributed by atoms with E-state index in [1.165, 1.54) is 0 Å². The standard InChI is InChI=1S/C8H13O2/c1-4-6-9-8(3)10-7-5-2/h4-5,8H,1-3,6-7H2. The molecule has 2 nitrogen and oxygen atoms in total. The highest BCUT2D eigenvalue weighted by atomic mass is 16.7. The molecule has 0 fully saturated rings. The normalized spacial score (nSPS) is 9.80. The average molecular weight is 141 g/mol. The summed E-state index contributed by atoms with van der Waals surface area (Å²) in [6, 6.07) is 0. The Morgan fingerprint density at radius 2 is 1.50 bits per heavy atom. The van der Waals surface area contributed by atoms with E-state index in [2.05, 4.69) is 20.1 Å². The SMILES string of the molecule is [CH2]C(OCC=C)OCC=C. The van der Waals surface area contributed by atoms with Crippen molar-refractivity contribution in [3.05, 3.63) is 32.2 Å². The lowest BCUT2D eigenvalue weighted by molar-refractivity contribution is -0.0955. The van der Waals surface area contributed by atoms with Gasteiger partial charge < -0.3 is 9.47 Å². The van der Waals surface area contributed by atoms with E-state index >= 15 is 0 Å². The molecule has 0 heterocycles. The monoisotopic (exact) mass is 141 g/mol. The zero-order chi connectivity index (χ0) is 7.82. The van der Waals surface area contributed by atoms with Crippen LogP contribution in [0, 0.1) is 6.92 Å². The molecule has 1 radical (unpaired) electrons. The highest BCUT2D eigenvalue weighted by Gasteiger charge is 1.96. The Hall–Kier alpha value is -0.600. The molecule has 0 bridgehead atoms. The van der Waals surface area contributed by atoms with Gasteiger partial charge in [0.05, 0.1) is 13.2 Å². The van der Waals surface area contributed by atoms with Gasteiger partial charge in [-0.15, -0.1) is 13.2 Å². The van der Waals surface area contributed by atoms with Gasteiger partial charge in [0, 0.05) is 6.92 Å². The number of hydrogen-bond acceptors (Lipinski definition) is 2. The Labute approximate surface area is 62.1 Å². The Bertz CT molecular complexity index is 87.4. The van der Waals surface area contributed by atoms with Gasteiger partial charge in [0.25, 0.3) is 0 Å². The molecule has 0 spiro atoms. The van der Waals surface area contributed by atoms with Gasteiger partial charge >= 0.3 is 0 Å². The van der Waals surface area contributed by atoms with Crippen molar-refractivity contribution in [3.8, 4) is 0 Å². The van der Waals surface area contributed by atoms with Crippen molar-refractivity contribution < 1.29 is 9.47 Å². The summed E-state index contributed by atoms with van der Waals surface area (Å²) < 4.78 is 9.99. The molecule has 0 saturated heterocycles. The summed E-state index contributed by atoms with van der Waals surface area (Å²) in [5.41, 5.74) is 0. The summed E-state index contributed by atoms with van der Waals surface area (Å²) in [5.74, 6) is 0. The second kappa shape index (κ2) is 6.52. The van der Waals surface area contributed by atoms with Crippen molar-refractivity contribution in [1.29, 1.82) is 0 Å². The third-order valence-electron chi connectivity index (χ3n) is 0.800. The third-order valence-corrected chi connectivity index (χ3v) is 0.800. The van der Waals surface area contributed by atoms with Gasteiger partial charge in [-0.3, -0.25) is 0 Å². The van der Waals surface area contributed by atoms with Crippen LogP contribution in [0.3, 0.4) is 0 Å². The summed E-state index contributed by atoms with van der Waals surface area (Å²) in [6.07, 6.45) is 2.88. The fourth-order valence-corrected chi connectivity index (χ4v) is 0.399. The van der Waals surface area contributed by atoms with Crippen molar-refractivity contribution in [3.63, 3.8) is 0 Å². The Morgan fingerprint density at radius 3 is 1.80 bits per heavy atom. The van der Waals surface area contributed by atoms with Gasteiger partial charge in [-0.1, -0.05) is 12.2 Å². The quantitative estimate of drug-likeness (QED) is 0.412. The highest BCUT2D eigenvalue weighted by molar-refractivity contribution is 4.67. The molecule has 0 atom stereocenters. The van der Waals surface area contributed by atoms with E-state index in [4.69, 9.17) is 9.47 Å². The first-order chi connectivity index (χ1) is 4.81. The molecule has 0 saturated carbocycles. The lowest BCUT2D eigenvalue weighted by atomic mass is 10.6. The summed E-state index contributed by atoms with van der Waals surface area (Å²) >= 11 is 0. The van der Waals surface area contributed by atoms with E-state index in [9.17, 15) is 0 Å². The first-order valence-electron chi connectivity index (χ1n) is 3.09. The molecule has 0 aliphatic heterocycles. The molecule has 0 amide bonds. The van der Waals surface area contributed by atoms with Crippen LogP contribution < -0.4 is 0 Å². The van der Waals surface area contributed by atoms with Crippen LogP contribution in [0.1, 0.15) is 0 Å². The second-order valence-corrected chi connectivity index (χ2v) is 1.67. The average Bonchev–Trinajstić information content (AvgIpc) is 1.97. The zero-order valence-corrected chi connectivity index (χ0v) is 6.08. The summed E-state index contributed by atoms with van der Waals surface area (Å²) in [6.45, 7) is 11.5. The van der Waals surface area contributed by atoms with Crippen LogP contribution in [0.4, 0.5) is 0 Å². The molecule has 57 valence electrons. The first-order valence-corrected chi connectivity index (χ1v) is 3.09. The lowest BCUT2D eigenvalue weighted by Crippen LogP contribution is -2.13. The van der Waals surface area contributed by atoms with Gasteiger partial charge in [-0.25, -0.2) is 0 Å². The van der Waals surface area contributed by atoms with E-state index in [0.29, 0.717) is 13.2 Å². The molecule has 0 unspecified atom stereocenters. The van der Waals surface area contributed by atoms with Gasteiger partial charge in [0.2, 0.25) is 0 Å². The minimum atomic E-state index is -0.420. The van der Waals surface area contributed by atoms with E-state index in [1.807, 2.05) is 0 Å². The Balaban J connectivity index is 3.15. The fourth-order valence-electron chi connectivity index (χ4n) is 0.399. The Kier molecular flexibility index (Phi) is 6.13. The molecule has 0 N–H and O–H groups in total. The van der Waals surface area contributed by atoms with Crippen LogP contribution in [0.15, 0.2) is 25.3 Å². The minimum Gasteiger partial charge on any atom is -0.349 e. The van der Waals surface area contributed by atoms with Crippen LogP contribution >= 0.6 is 0 Å². The molecular formula is C8H13O2. The molecule has 10 heavy (non-hydrogen) atoms. The molecule has 0 aromatic heterocycles. The maximum absolute atomic E-state index is 4.99. The van der Waals surface area contributed by atoms with Crippen LogP contribution in [0.2, 0.25) is 0 Å². The van der Waals surface area contributed by atoms with Crippen LogP contribution in [-0.4, -0.2) is 19.5 Å². The third kappa shape index (κ3) is 5.54. The van der Waals surface area contributed by atoms with Gasteiger partial charge in [-0.05, 0) is 0 Å². The van der Waals surface area contributed by atoms with Crippen molar-refractivity contribution in [2.24, 2.45) is 0 Å². The summed E-state index contributed by atoms with van der Waals surface area (Å²) in [5, 5.41) is 0. The van der Waals surface area contributed by atoms with Crippen molar-refractivity contribution >= 4 is 0 Å². The van der Waals surface area contributed by atoms with Crippen molar-refractivity contribution in [2.45, 2.75) is 6.29 Å². The molecule has 0 aromatic carbocycles. The fraction of sp³-hybridized carbons (Fsp3) is 0.375. The molecule has 0 aliphatic rings. The molecular weight excluding hydrogens is 128 g/mol. The van der Waals surface area contributed by atoms with Crippen LogP contribution in [0.25, 0.3) is 0 Å². The highest BCUT2D eigenvalue weighted by Crippen LogP contribution is 1.91. The van der Waals surface area contributed by atoms with Gasteiger partial charge in [0.1, 0.15) is 0 Å². The predicted molar refractivity (Wildman–Crippen MR) is 41.4 cm³/mol. The molecule has 2 heteroatoms. The van der Waals surface area contributed by atoms with Crippen LogP contribution in [-0.2, 0) is 9.47 Å². The smallest absolute Gasteiger partial charge is 0.158 e. The predicted octanol–water partition coefficient (Wildman–Crippen LogP) is 1.55. The van der Waals surface area contributed by atoms with E-state index in [1.54, 1.807) is 12.2 Å². The van der Waals surface area contributed by atoms with Gasteiger partial charge in [0.15, 0.2) is 6.29 Å². The minimum absolute atomic E-state index is 0.420. The summed E-state index contributed by atoms with van der Waals surface area (Å²) in [4.78, 5) is 0. The second-order valence-electron chi connectivity index (χ2n) is 1.67. The maximum atomic E-state index is 4.99. The van der Waals surface area contributed by atoms with E-state index in [-0.39, 0.29) is 0 Å². The van der Waals surface area contributed by atoms with Gasteiger partial charge in [-0.2, -0.15) is 0 Å². The first kappa shape index (κ1) is 9.40. The molecule has 0 aromatic rings. The summed E-state index contributed by atoms with van der Waals surface area (Å²) in [7, 11) is 0. The largest absolute Gasteiger partial charge is 0.349 e. The maximum Gasteiger partial charge on any atom is 0.158 e. The van der Waals surface area contributed by atoms with E-state index in [0.717, 1.165) is 0 Å². The Morgan fingerprint density at radius 1 is 1.10 bits per heavy atom. The number of rotatable bonds is 6. The van der Waals surface area contributed by atoms with E-state index < -0.39 is 6.29 Å². The molecule has 0 rings (SSSR count). The number of hydrogen-bond donors (Lipinski definition) is 0.